The van der Waals surface area contributed by atoms with Crippen molar-refractivity contribution in [3.63, 3.8) is 0 Å². The van der Waals surface area contributed by atoms with Gasteiger partial charge in [-0.15, -0.1) is 0 Å². The average molecular weight is 288 g/mol. The van der Waals surface area contributed by atoms with Crippen molar-refractivity contribution in [2.24, 2.45) is 0 Å². The van der Waals surface area contributed by atoms with Crippen molar-refractivity contribution in [3.05, 3.63) is 0 Å². The van der Waals surface area contributed by atoms with Gasteiger partial charge in [0, 0.05) is 5.33 Å². The lowest BCUT2D eigenvalue weighted by Gasteiger charge is -1.93. The second kappa shape index (κ2) is 5.83. The van der Waals surface area contributed by atoms with Crippen LogP contribution in [0.1, 0.15) is 12.8 Å². The minimum Gasteiger partial charge on any atom is -0.197 e. The Hall–Kier alpha value is 0.700. The van der Waals surface area contributed by atoms with E-state index in [4.69, 9.17) is 5.26 Å². The molecule has 46 valence electrons. The first-order valence-corrected chi connectivity index (χ1v) is 4.77. The van der Waals surface area contributed by atoms with Crippen molar-refractivity contribution in [1.29, 1.82) is 5.26 Å². The van der Waals surface area contributed by atoms with Crippen LogP contribution in [0.25, 0.3) is 0 Å². The number of nitrogens with zero attached hydrogens (tertiary/aromatic N) is 1. The molecule has 0 aliphatic carbocycles. The number of alkyl halides is 2. The van der Waals surface area contributed by atoms with Gasteiger partial charge in [0.25, 0.3) is 0 Å². The standard InChI is InChI=1S/C5H7BrIN/c6-3-1-2-5(7)4-8/h5H,1-3H2. The molecule has 0 radical (unpaired) electrons. The van der Waals surface area contributed by atoms with Crippen molar-refractivity contribution in [1.82, 2.24) is 0 Å². The predicted molar refractivity (Wildman–Crippen MR) is 46.4 cm³/mol. The molecule has 0 aliphatic heterocycles. The molecule has 0 aliphatic rings. The van der Waals surface area contributed by atoms with Gasteiger partial charge in [0.2, 0.25) is 0 Å². The fourth-order valence-electron chi connectivity index (χ4n) is 0.321. The molecule has 1 nitrogen and oxygen atoms in total. The number of halogens is 2. The van der Waals surface area contributed by atoms with Gasteiger partial charge in [0.1, 0.15) is 0 Å². The molecule has 0 rings (SSSR count). The fourth-order valence-corrected chi connectivity index (χ4v) is 1.09. The van der Waals surface area contributed by atoms with E-state index in [2.05, 4.69) is 44.6 Å². The molecule has 0 fully saturated rings. The monoisotopic (exact) mass is 287 g/mol. The van der Waals surface area contributed by atoms with E-state index in [1.54, 1.807) is 0 Å². The molecule has 0 N–H and O–H groups in total. The summed E-state index contributed by atoms with van der Waals surface area (Å²) >= 11 is 5.44. The first kappa shape index (κ1) is 8.70. The highest BCUT2D eigenvalue weighted by molar-refractivity contribution is 14.1. The van der Waals surface area contributed by atoms with Gasteiger partial charge in [0.05, 0.1) is 9.99 Å². The molecule has 3 heteroatoms. The SMILES string of the molecule is N#CC(I)CCCBr. The van der Waals surface area contributed by atoms with Crippen LogP contribution in [0.5, 0.6) is 0 Å². The van der Waals surface area contributed by atoms with Crippen molar-refractivity contribution >= 4 is 38.5 Å². The Morgan fingerprint density at radius 1 is 1.75 bits per heavy atom. The van der Waals surface area contributed by atoms with E-state index in [9.17, 15) is 0 Å². The zero-order valence-electron chi connectivity index (χ0n) is 4.40. The molecule has 0 amide bonds. The van der Waals surface area contributed by atoms with E-state index in [0.29, 0.717) is 0 Å². The summed E-state index contributed by atoms with van der Waals surface area (Å²) in [6, 6.07) is 2.17. The molecule has 0 aromatic heterocycles. The van der Waals surface area contributed by atoms with Crippen molar-refractivity contribution < 1.29 is 0 Å². The largest absolute Gasteiger partial charge is 0.197 e. The first-order chi connectivity index (χ1) is 3.81. The van der Waals surface area contributed by atoms with Crippen LogP contribution in [-0.2, 0) is 0 Å². The van der Waals surface area contributed by atoms with Gasteiger partial charge in [-0.1, -0.05) is 38.5 Å². The summed E-state index contributed by atoms with van der Waals surface area (Å²) in [6.45, 7) is 0. The third-order valence-corrected chi connectivity index (χ3v) is 2.19. The number of hydrogen-bond acceptors (Lipinski definition) is 1. The van der Waals surface area contributed by atoms with Crippen LogP contribution in [0, 0.1) is 11.3 Å². The highest BCUT2D eigenvalue weighted by Gasteiger charge is 1.97. The normalized spacial score (nSPS) is 12.6. The van der Waals surface area contributed by atoms with Crippen LogP contribution in [-0.4, -0.2) is 9.25 Å². The van der Waals surface area contributed by atoms with Crippen LogP contribution in [0.2, 0.25) is 0 Å². The maximum Gasteiger partial charge on any atom is 0.0978 e. The second-order valence-corrected chi connectivity index (χ2v) is 3.72. The van der Waals surface area contributed by atoms with Crippen LogP contribution in [0.4, 0.5) is 0 Å². The van der Waals surface area contributed by atoms with E-state index in [1.165, 1.54) is 0 Å². The molecule has 1 unspecified atom stereocenters. The summed E-state index contributed by atoms with van der Waals surface area (Å²) in [5.41, 5.74) is 0. The molecule has 0 saturated carbocycles. The topological polar surface area (TPSA) is 23.8 Å². The number of nitriles is 1. The summed E-state index contributed by atoms with van der Waals surface area (Å²) < 4.78 is 0.199. The van der Waals surface area contributed by atoms with Crippen molar-refractivity contribution in [3.8, 4) is 6.07 Å². The Morgan fingerprint density at radius 2 is 2.38 bits per heavy atom. The van der Waals surface area contributed by atoms with E-state index in [-0.39, 0.29) is 3.92 Å². The Bertz CT molecular complexity index is 88.9. The summed E-state index contributed by atoms with van der Waals surface area (Å²) in [5.74, 6) is 0. The molecular weight excluding hydrogens is 281 g/mol. The molecule has 0 aromatic rings. The summed E-state index contributed by atoms with van der Waals surface area (Å²) in [4.78, 5) is 0. The molecular formula is C5H7BrIN. The van der Waals surface area contributed by atoms with Gasteiger partial charge in [-0.2, -0.15) is 5.26 Å². The van der Waals surface area contributed by atoms with Gasteiger partial charge in [-0.3, -0.25) is 0 Å². The van der Waals surface area contributed by atoms with Gasteiger partial charge in [0.15, 0.2) is 0 Å². The quantitative estimate of drug-likeness (QED) is 0.578. The molecule has 0 spiro atoms. The average Bonchev–Trinajstić information content (AvgIpc) is 1.83. The highest BCUT2D eigenvalue weighted by atomic mass is 127. The number of rotatable bonds is 3. The molecule has 0 saturated heterocycles. The first-order valence-electron chi connectivity index (χ1n) is 2.41. The van der Waals surface area contributed by atoms with Gasteiger partial charge in [-0.25, -0.2) is 0 Å². The fraction of sp³-hybridized carbons (Fsp3) is 0.800. The third kappa shape index (κ3) is 4.85. The van der Waals surface area contributed by atoms with E-state index < -0.39 is 0 Å². The zero-order valence-corrected chi connectivity index (χ0v) is 8.15. The zero-order chi connectivity index (χ0) is 6.41. The summed E-state index contributed by atoms with van der Waals surface area (Å²) in [7, 11) is 0. The smallest absolute Gasteiger partial charge is 0.0978 e. The lowest BCUT2D eigenvalue weighted by atomic mass is 10.3. The summed E-state index contributed by atoms with van der Waals surface area (Å²) in [5, 5.41) is 9.30. The van der Waals surface area contributed by atoms with Crippen LogP contribution >= 0.6 is 38.5 Å². The highest BCUT2D eigenvalue weighted by Crippen LogP contribution is 2.07. The van der Waals surface area contributed by atoms with Crippen molar-refractivity contribution in [2.45, 2.75) is 16.8 Å². The Kier molecular flexibility index (Phi) is 6.34. The van der Waals surface area contributed by atoms with Gasteiger partial charge in [-0.05, 0) is 12.8 Å². The van der Waals surface area contributed by atoms with E-state index >= 15 is 0 Å². The second-order valence-electron chi connectivity index (χ2n) is 1.43. The molecule has 0 heterocycles. The Morgan fingerprint density at radius 3 is 2.75 bits per heavy atom. The van der Waals surface area contributed by atoms with E-state index in [1.807, 2.05) is 0 Å². The maximum absolute atomic E-state index is 8.29. The third-order valence-electron chi connectivity index (χ3n) is 0.731. The molecule has 1 atom stereocenters. The molecule has 0 bridgehead atoms. The lowest BCUT2D eigenvalue weighted by molar-refractivity contribution is 0.864. The van der Waals surface area contributed by atoms with Crippen molar-refractivity contribution in [2.75, 3.05) is 5.33 Å². The van der Waals surface area contributed by atoms with Gasteiger partial charge < -0.3 is 0 Å². The van der Waals surface area contributed by atoms with Gasteiger partial charge >= 0.3 is 0 Å². The minimum atomic E-state index is 0.199. The minimum absolute atomic E-state index is 0.199. The maximum atomic E-state index is 8.29. The molecule has 0 aromatic carbocycles. The lowest BCUT2D eigenvalue weighted by Crippen LogP contribution is -1.91. The predicted octanol–water partition coefficient (Wildman–Crippen LogP) is 2.49. The van der Waals surface area contributed by atoms with E-state index in [0.717, 1.165) is 18.2 Å². The Labute approximate surface area is 71.7 Å². The number of hydrogen-bond donors (Lipinski definition) is 0. The van der Waals surface area contributed by atoms with Crippen LogP contribution in [0.15, 0.2) is 0 Å². The summed E-state index contributed by atoms with van der Waals surface area (Å²) in [6.07, 6.45) is 2.10. The van der Waals surface area contributed by atoms with Crippen LogP contribution < -0.4 is 0 Å². The Balaban J connectivity index is 3.02. The van der Waals surface area contributed by atoms with Crippen LogP contribution in [0.3, 0.4) is 0 Å². The molecule has 8 heavy (non-hydrogen) atoms.